The van der Waals surface area contributed by atoms with Gasteiger partial charge in [-0.05, 0) is 34.9 Å². The van der Waals surface area contributed by atoms with Crippen molar-refractivity contribution < 1.29 is 17.9 Å². The minimum atomic E-state index is -3.54. The fourth-order valence-corrected chi connectivity index (χ4v) is 5.11. The molecule has 1 saturated heterocycles. The molecular weight excluding hydrogens is 436 g/mol. The second kappa shape index (κ2) is 10.6. The van der Waals surface area contributed by atoms with Crippen LogP contribution in [0.1, 0.15) is 22.7 Å². The van der Waals surface area contributed by atoms with Gasteiger partial charge in [0.2, 0.25) is 15.9 Å². The van der Waals surface area contributed by atoms with Crippen molar-refractivity contribution in [3.05, 3.63) is 108 Å². The Morgan fingerprint density at radius 1 is 0.848 bits per heavy atom. The lowest BCUT2D eigenvalue weighted by molar-refractivity contribution is -0.116. The maximum atomic E-state index is 12.7. The van der Waals surface area contributed by atoms with Crippen LogP contribution in [-0.4, -0.2) is 44.9 Å². The van der Waals surface area contributed by atoms with Crippen LogP contribution in [0.2, 0.25) is 0 Å². The highest BCUT2D eigenvalue weighted by atomic mass is 32.2. The molecule has 7 heteroatoms. The summed E-state index contributed by atoms with van der Waals surface area (Å²) in [4.78, 5) is 12.9. The number of benzene rings is 3. The summed E-state index contributed by atoms with van der Waals surface area (Å²) >= 11 is 0. The number of nitrogens with one attached hydrogen (secondary N) is 1. The molecule has 0 atom stereocenters. The zero-order valence-electron chi connectivity index (χ0n) is 18.1. The summed E-state index contributed by atoms with van der Waals surface area (Å²) in [5.41, 5.74) is 2.72. The van der Waals surface area contributed by atoms with E-state index >= 15 is 0 Å². The molecule has 0 saturated carbocycles. The van der Waals surface area contributed by atoms with E-state index in [0.29, 0.717) is 26.3 Å². The molecule has 1 N–H and O–H groups in total. The predicted octanol–water partition coefficient (Wildman–Crippen LogP) is 3.63. The normalized spacial score (nSPS) is 15.1. The maximum absolute atomic E-state index is 12.7. The van der Waals surface area contributed by atoms with Gasteiger partial charge < -0.3 is 10.1 Å². The van der Waals surface area contributed by atoms with Crippen molar-refractivity contribution in [2.24, 2.45) is 0 Å². The molecule has 1 heterocycles. The van der Waals surface area contributed by atoms with E-state index in [1.54, 1.807) is 30.3 Å². The van der Waals surface area contributed by atoms with Crippen LogP contribution >= 0.6 is 0 Å². The Hall–Kier alpha value is -3.26. The van der Waals surface area contributed by atoms with Crippen molar-refractivity contribution in [3.63, 3.8) is 0 Å². The van der Waals surface area contributed by atoms with Crippen LogP contribution in [0.25, 0.3) is 6.08 Å². The number of morpholine rings is 1. The van der Waals surface area contributed by atoms with Crippen LogP contribution < -0.4 is 5.32 Å². The lowest BCUT2D eigenvalue weighted by Gasteiger charge is -2.26. The van der Waals surface area contributed by atoms with E-state index < -0.39 is 10.0 Å². The van der Waals surface area contributed by atoms with Crippen molar-refractivity contribution in [2.75, 3.05) is 26.3 Å². The van der Waals surface area contributed by atoms with Crippen LogP contribution in [0, 0.1) is 0 Å². The average molecular weight is 463 g/mol. The second-order valence-corrected chi connectivity index (χ2v) is 9.62. The van der Waals surface area contributed by atoms with Gasteiger partial charge in [-0.15, -0.1) is 0 Å². The molecule has 0 radical (unpaired) electrons. The first-order valence-electron chi connectivity index (χ1n) is 10.8. The quantitative estimate of drug-likeness (QED) is 0.544. The van der Waals surface area contributed by atoms with Crippen LogP contribution in [0.15, 0.2) is 95.9 Å². The number of ether oxygens (including phenoxy) is 1. The van der Waals surface area contributed by atoms with E-state index in [-0.39, 0.29) is 16.8 Å². The van der Waals surface area contributed by atoms with E-state index in [1.807, 2.05) is 60.7 Å². The monoisotopic (exact) mass is 462 g/mol. The maximum Gasteiger partial charge on any atom is 0.244 e. The van der Waals surface area contributed by atoms with Gasteiger partial charge in [-0.2, -0.15) is 4.31 Å². The Morgan fingerprint density at radius 3 is 1.94 bits per heavy atom. The van der Waals surface area contributed by atoms with Crippen LogP contribution in [0.3, 0.4) is 0 Å². The molecule has 0 bridgehead atoms. The zero-order chi connectivity index (χ0) is 23.1. The molecule has 0 spiro atoms. The summed E-state index contributed by atoms with van der Waals surface area (Å²) in [6.45, 7) is 1.52. The van der Waals surface area contributed by atoms with Gasteiger partial charge in [-0.25, -0.2) is 8.42 Å². The highest BCUT2D eigenvalue weighted by molar-refractivity contribution is 7.89. The third kappa shape index (κ3) is 5.76. The van der Waals surface area contributed by atoms with E-state index in [4.69, 9.17) is 4.74 Å². The predicted molar refractivity (Wildman–Crippen MR) is 128 cm³/mol. The molecule has 3 aromatic carbocycles. The minimum absolute atomic E-state index is 0.235. The average Bonchev–Trinajstić information content (AvgIpc) is 2.88. The summed E-state index contributed by atoms with van der Waals surface area (Å²) in [6.07, 6.45) is 3.14. The van der Waals surface area contributed by atoms with E-state index in [1.165, 1.54) is 10.4 Å². The van der Waals surface area contributed by atoms with Gasteiger partial charge in [-0.3, -0.25) is 4.79 Å². The molecule has 1 fully saturated rings. The van der Waals surface area contributed by atoms with Crippen molar-refractivity contribution in [2.45, 2.75) is 10.9 Å². The smallest absolute Gasteiger partial charge is 0.244 e. The fraction of sp³-hybridized carbons (Fsp3) is 0.192. The number of carbonyl (C=O) groups is 1. The summed E-state index contributed by atoms with van der Waals surface area (Å²) in [7, 11) is -3.54. The molecule has 0 unspecified atom stereocenters. The first-order valence-corrected chi connectivity index (χ1v) is 12.2. The molecule has 6 nitrogen and oxygen atoms in total. The van der Waals surface area contributed by atoms with E-state index in [2.05, 4.69) is 5.32 Å². The van der Waals surface area contributed by atoms with Gasteiger partial charge in [0.05, 0.1) is 24.2 Å². The summed E-state index contributed by atoms with van der Waals surface area (Å²) < 4.78 is 32.2. The molecule has 170 valence electrons. The molecule has 1 aliphatic heterocycles. The molecule has 1 amide bonds. The Labute approximate surface area is 194 Å². The van der Waals surface area contributed by atoms with Crippen LogP contribution in [0.4, 0.5) is 0 Å². The lowest BCUT2D eigenvalue weighted by Crippen LogP contribution is -2.40. The molecule has 33 heavy (non-hydrogen) atoms. The Bertz CT molecular complexity index is 1150. The minimum Gasteiger partial charge on any atom is -0.379 e. The number of carbonyl (C=O) groups excluding carboxylic acids is 1. The van der Waals surface area contributed by atoms with Gasteiger partial charge in [-0.1, -0.05) is 72.8 Å². The van der Waals surface area contributed by atoms with Crippen molar-refractivity contribution in [3.8, 4) is 0 Å². The Morgan fingerprint density at radius 2 is 1.39 bits per heavy atom. The zero-order valence-corrected chi connectivity index (χ0v) is 18.9. The highest BCUT2D eigenvalue weighted by Crippen LogP contribution is 2.22. The van der Waals surface area contributed by atoms with Gasteiger partial charge in [0.25, 0.3) is 0 Å². The number of sulfonamides is 1. The topological polar surface area (TPSA) is 75.7 Å². The third-order valence-electron chi connectivity index (χ3n) is 5.47. The van der Waals surface area contributed by atoms with Gasteiger partial charge in [0, 0.05) is 19.2 Å². The third-order valence-corrected chi connectivity index (χ3v) is 7.38. The van der Waals surface area contributed by atoms with Gasteiger partial charge >= 0.3 is 0 Å². The van der Waals surface area contributed by atoms with Crippen LogP contribution in [-0.2, 0) is 19.6 Å². The second-order valence-electron chi connectivity index (χ2n) is 7.68. The van der Waals surface area contributed by atoms with Gasteiger partial charge in [0.1, 0.15) is 0 Å². The molecule has 0 aromatic heterocycles. The number of hydrogen-bond acceptors (Lipinski definition) is 4. The largest absolute Gasteiger partial charge is 0.379 e. The number of nitrogens with zero attached hydrogens (tertiary/aromatic N) is 1. The molecule has 4 rings (SSSR count). The lowest BCUT2D eigenvalue weighted by atomic mass is 9.98. The Balaban J connectivity index is 1.45. The first kappa shape index (κ1) is 22.9. The highest BCUT2D eigenvalue weighted by Gasteiger charge is 2.26. The Kier molecular flexibility index (Phi) is 7.34. The summed E-state index contributed by atoms with van der Waals surface area (Å²) in [5, 5.41) is 3.06. The van der Waals surface area contributed by atoms with E-state index in [9.17, 15) is 13.2 Å². The fourth-order valence-electron chi connectivity index (χ4n) is 3.70. The van der Waals surface area contributed by atoms with Crippen LogP contribution in [0.5, 0.6) is 0 Å². The standard InChI is InChI=1S/C26H26N2O4S/c29-25(27-26(22-7-3-1-4-8-22)23-9-5-2-6-10-23)16-13-21-11-14-24(15-12-21)33(30,31)28-17-19-32-20-18-28/h1-16,26H,17-20H2,(H,27,29)/b16-13+. The summed E-state index contributed by atoms with van der Waals surface area (Å²) in [6, 6.07) is 25.8. The SMILES string of the molecule is O=C(/C=C/c1ccc(S(=O)(=O)N2CCOCC2)cc1)NC(c1ccccc1)c1ccccc1. The molecule has 3 aromatic rings. The van der Waals surface area contributed by atoms with E-state index in [0.717, 1.165) is 16.7 Å². The number of amides is 1. The number of hydrogen-bond donors (Lipinski definition) is 1. The molecular formula is C26H26N2O4S. The summed E-state index contributed by atoms with van der Waals surface area (Å²) in [5.74, 6) is -0.238. The number of rotatable bonds is 7. The van der Waals surface area contributed by atoms with Crippen molar-refractivity contribution in [1.29, 1.82) is 0 Å². The van der Waals surface area contributed by atoms with Crippen molar-refractivity contribution in [1.82, 2.24) is 9.62 Å². The molecule has 0 aliphatic carbocycles. The first-order chi connectivity index (χ1) is 16.0. The molecule has 1 aliphatic rings. The van der Waals surface area contributed by atoms with Gasteiger partial charge in [0.15, 0.2) is 0 Å². The van der Waals surface area contributed by atoms with Crippen molar-refractivity contribution >= 4 is 22.0 Å².